The molecule has 0 aromatic heterocycles. The van der Waals surface area contributed by atoms with Gasteiger partial charge in [-0.1, -0.05) is 31.9 Å². The smallest absolute Gasteiger partial charge is 0.418 e. The van der Waals surface area contributed by atoms with Gasteiger partial charge in [-0.25, -0.2) is 4.79 Å². The first kappa shape index (κ1) is 33.2. The third-order valence-corrected chi connectivity index (χ3v) is 5.38. The third kappa shape index (κ3) is 12.1. The summed E-state index contributed by atoms with van der Waals surface area (Å²) >= 11 is 6.51. The van der Waals surface area contributed by atoms with E-state index in [1.54, 1.807) is 46.4 Å². The fourth-order valence-electron chi connectivity index (χ4n) is 3.25. The molecule has 1 N–H and O–H groups in total. The van der Waals surface area contributed by atoms with E-state index in [4.69, 9.17) is 9.47 Å². The highest BCUT2D eigenvalue weighted by molar-refractivity contribution is 9.09. The van der Waals surface area contributed by atoms with Gasteiger partial charge in [-0.15, -0.1) is 0 Å². The van der Waals surface area contributed by atoms with Crippen molar-refractivity contribution in [3.8, 4) is 0 Å². The minimum atomic E-state index is -4.72. The predicted molar refractivity (Wildman–Crippen MR) is 143 cm³/mol. The maximum atomic E-state index is 13.9. The van der Waals surface area contributed by atoms with E-state index in [1.807, 2.05) is 0 Å². The van der Waals surface area contributed by atoms with Crippen LogP contribution in [0.3, 0.4) is 0 Å². The van der Waals surface area contributed by atoms with E-state index in [0.29, 0.717) is 23.7 Å². The molecule has 0 aliphatic heterocycles. The van der Waals surface area contributed by atoms with Gasteiger partial charge in [0.25, 0.3) is 5.91 Å². The van der Waals surface area contributed by atoms with Crippen LogP contribution < -0.4 is 10.2 Å². The molecule has 1 aromatic rings. The average Bonchev–Trinajstić information content (AvgIpc) is 2.72. The Morgan fingerprint density at radius 3 is 1.95 bits per heavy atom. The molecule has 0 saturated carbocycles. The lowest BCUT2D eigenvalue weighted by molar-refractivity contribution is -0.158. The van der Waals surface area contributed by atoms with Crippen molar-refractivity contribution >= 4 is 55.4 Å². The first-order valence-corrected chi connectivity index (χ1v) is 14.0. The van der Waals surface area contributed by atoms with Crippen LogP contribution in [0.4, 0.5) is 18.9 Å². The Morgan fingerprint density at radius 2 is 1.49 bits per heavy atom. The molecule has 0 spiro atoms. The van der Waals surface area contributed by atoms with Crippen molar-refractivity contribution in [3.05, 3.63) is 29.3 Å². The number of carbonyl (C=O) groups excluding carboxylic acids is 3. The maximum Gasteiger partial charge on any atom is 0.418 e. The molecule has 1 atom stereocenters. The quantitative estimate of drug-likeness (QED) is 0.237. The van der Waals surface area contributed by atoms with Crippen LogP contribution in [-0.4, -0.2) is 58.8 Å². The molecule has 0 fully saturated rings. The molecule has 0 aliphatic carbocycles. The van der Waals surface area contributed by atoms with E-state index >= 15 is 0 Å². The standard InChI is InChI=1S/C25H35Br2F3N2O5/c1-23(2,3)36-20(33)10-8-18(22(35)37-24(4,5)6)31-21(34)16-7-9-19(17(15-16)25(28,29)30)32(13-11-26)14-12-27/h7,9,15,18H,8,10-14H2,1-6H3,(H,31,34)/t18-/m0/s1. The topological polar surface area (TPSA) is 84.9 Å². The predicted octanol–water partition coefficient (Wildman–Crippen LogP) is 5.86. The molecule has 0 aliphatic rings. The monoisotopic (exact) mass is 658 g/mol. The Labute approximate surface area is 233 Å². The van der Waals surface area contributed by atoms with E-state index in [9.17, 15) is 27.6 Å². The second-order valence-electron chi connectivity index (χ2n) is 10.3. The van der Waals surface area contributed by atoms with Gasteiger partial charge in [-0.3, -0.25) is 9.59 Å². The Kier molecular flexibility index (Phi) is 12.4. The summed E-state index contributed by atoms with van der Waals surface area (Å²) < 4.78 is 52.4. The normalized spacial score (nSPS) is 13.1. The molecule has 12 heteroatoms. The van der Waals surface area contributed by atoms with Gasteiger partial charge >= 0.3 is 18.1 Å². The zero-order valence-corrected chi connectivity index (χ0v) is 25.1. The number of anilines is 1. The number of nitrogens with zero attached hydrogens (tertiary/aromatic N) is 1. The van der Waals surface area contributed by atoms with Crippen LogP contribution in [0.15, 0.2) is 18.2 Å². The summed E-state index contributed by atoms with van der Waals surface area (Å²) in [5.41, 5.74) is -2.93. The summed E-state index contributed by atoms with van der Waals surface area (Å²) in [5, 5.41) is 3.34. The summed E-state index contributed by atoms with van der Waals surface area (Å²) in [7, 11) is 0. The van der Waals surface area contributed by atoms with Gasteiger partial charge in [0.15, 0.2) is 0 Å². The van der Waals surface area contributed by atoms with Gasteiger partial charge in [0, 0.05) is 41.4 Å². The van der Waals surface area contributed by atoms with Gasteiger partial charge in [0.1, 0.15) is 17.2 Å². The number of alkyl halides is 5. The minimum absolute atomic E-state index is 0.0587. The lowest BCUT2D eigenvalue weighted by Crippen LogP contribution is -2.44. The fourth-order valence-corrected chi connectivity index (χ4v) is 4.11. The lowest BCUT2D eigenvalue weighted by atomic mass is 10.0. The highest BCUT2D eigenvalue weighted by Crippen LogP contribution is 2.37. The molecular formula is C25H35Br2F3N2O5. The molecule has 210 valence electrons. The van der Waals surface area contributed by atoms with E-state index in [1.165, 1.54) is 12.1 Å². The molecule has 0 bridgehead atoms. The minimum Gasteiger partial charge on any atom is -0.460 e. The van der Waals surface area contributed by atoms with Gasteiger partial charge in [-0.05, 0) is 66.2 Å². The second kappa shape index (κ2) is 13.8. The molecule has 1 aromatic carbocycles. The molecule has 0 saturated heterocycles. The number of ether oxygens (including phenoxy) is 2. The lowest BCUT2D eigenvalue weighted by Gasteiger charge is -2.27. The van der Waals surface area contributed by atoms with E-state index in [-0.39, 0.29) is 24.1 Å². The van der Waals surface area contributed by atoms with Gasteiger partial charge < -0.3 is 19.7 Å². The summed E-state index contributed by atoms with van der Waals surface area (Å²) in [4.78, 5) is 39.5. The van der Waals surface area contributed by atoms with E-state index in [2.05, 4.69) is 37.2 Å². The number of hydrogen-bond acceptors (Lipinski definition) is 6. The van der Waals surface area contributed by atoms with Crippen molar-refractivity contribution in [2.75, 3.05) is 28.6 Å². The van der Waals surface area contributed by atoms with Gasteiger partial charge in [0.05, 0.1) is 5.56 Å². The molecule has 1 amide bonds. The Hall–Kier alpha value is -1.82. The van der Waals surface area contributed by atoms with Crippen LogP contribution in [0.5, 0.6) is 0 Å². The molecular weight excluding hydrogens is 625 g/mol. The number of nitrogens with one attached hydrogen (secondary N) is 1. The van der Waals surface area contributed by atoms with Crippen LogP contribution in [-0.2, 0) is 25.2 Å². The zero-order chi connectivity index (χ0) is 28.6. The number of halogens is 5. The van der Waals surface area contributed by atoms with Crippen LogP contribution in [0.1, 0.15) is 70.3 Å². The van der Waals surface area contributed by atoms with Crippen molar-refractivity contribution in [3.63, 3.8) is 0 Å². The average molecular weight is 660 g/mol. The second-order valence-corrected chi connectivity index (χ2v) is 11.9. The van der Waals surface area contributed by atoms with Crippen molar-refractivity contribution in [1.82, 2.24) is 5.32 Å². The highest BCUT2D eigenvalue weighted by Gasteiger charge is 2.36. The third-order valence-electron chi connectivity index (χ3n) is 4.67. The largest absolute Gasteiger partial charge is 0.460 e. The summed E-state index contributed by atoms with van der Waals surface area (Å²) in [5.74, 6) is -2.29. The van der Waals surface area contributed by atoms with Crippen LogP contribution in [0.25, 0.3) is 0 Å². The van der Waals surface area contributed by atoms with Crippen molar-refractivity contribution in [2.45, 2.75) is 77.8 Å². The van der Waals surface area contributed by atoms with Gasteiger partial charge in [-0.2, -0.15) is 13.2 Å². The number of carbonyl (C=O) groups is 3. The van der Waals surface area contributed by atoms with Crippen LogP contribution in [0.2, 0.25) is 0 Å². The molecule has 1 rings (SSSR count). The molecule has 0 radical (unpaired) electrons. The van der Waals surface area contributed by atoms with Crippen molar-refractivity contribution < 1.29 is 37.0 Å². The maximum absolute atomic E-state index is 13.9. The molecule has 7 nitrogen and oxygen atoms in total. The molecule has 0 heterocycles. The number of esters is 2. The highest BCUT2D eigenvalue weighted by atomic mass is 79.9. The summed E-state index contributed by atoms with van der Waals surface area (Å²) in [6, 6.07) is 2.01. The van der Waals surface area contributed by atoms with Crippen molar-refractivity contribution in [1.29, 1.82) is 0 Å². The number of hydrogen-bond donors (Lipinski definition) is 1. The first-order chi connectivity index (χ1) is 16.9. The summed E-state index contributed by atoms with van der Waals surface area (Å²) in [6.45, 7) is 10.6. The number of benzene rings is 1. The van der Waals surface area contributed by atoms with E-state index < -0.39 is 46.8 Å². The zero-order valence-electron chi connectivity index (χ0n) is 21.9. The molecule has 0 unspecified atom stereocenters. The Bertz CT molecular complexity index is 938. The van der Waals surface area contributed by atoms with Gasteiger partial charge in [0.2, 0.25) is 0 Å². The van der Waals surface area contributed by atoms with Crippen molar-refractivity contribution in [2.24, 2.45) is 0 Å². The Morgan fingerprint density at radius 1 is 0.946 bits per heavy atom. The summed E-state index contributed by atoms with van der Waals surface area (Å²) in [6.07, 6.45) is -5.07. The number of amides is 1. The number of rotatable bonds is 11. The van der Waals surface area contributed by atoms with Crippen LogP contribution >= 0.6 is 31.9 Å². The van der Waals surface area contributed by atoms with E-state index in [0.717, 1.165) is 6.07 Å². The Balaban J connectivity index is 3.26. The fraction of sp³-hybridized carbons (Fsp3) is 0.640. The molecule has 37 heavy (non-hydrogen) atoms. The SMILES string of the molecule is CC(C)(C)OC(=O)CC[C@H](NC(=O)c1ccc(N(CCBr)CCBr)c(C(F)(F)F)c1)C(=O)OC(C)(C)C. The van der Waals surface area contributed by atoms with Crippen LogP contribution in [0, 0.1) is 0 Å². The first-order valence-electron chi connectivity index (χ1n) is 11.7.